The zero-order valence-electron chi connectivity index (χ0n) is 20.8. The highest BCUT2D eigenvalue weighted by molar-refractivity contribution is 6.11. The number of imidazole rings is 1. The Hall–Kier alpha value is -4.36. The third-order valence-electron chi connectivity index (χ3n) is 6.58. The van der Waals surface area contributed by atoms with Gasteiger partial charge in [-0.25, -0.2) is 15.0 Å². The van der Waals surface area contributed by atoms with Gasteiger partial charge in [-0.3, -0.25) is 9.59 Å². The molecule has 0 unspecified atom stereocenters. The Labute approximate surface area is 217 Å². The predicted molar refractivity (Wildman–Crippen MR) is 141 cm³/mol. The van der Waals surface area contributed by atoms with Crippen LogP contribution in [-0.2, 0) is 6.54 Å². The van der Waals surface area contributed by atoms with E-state index in [9.17, 15) is 9.59 Å². The van der Waals surface area contributed by atoms with Gasteiger partial charge in [0.05, 0.1) is 17.6 Å². The number of carbonyl (C=O) groups is 1. The zero-order chi connectivity index (χ0) is 26.8. The molecule has 2 aliphatic rings. The molecule has 0 saturated heterocycles. The van der Waals surface area contributed by atoms with Crippen LogP contribution in [0.5, 0.6) is 0 Å². The molecule has 38 heavy (non-hydrogen) atoms. The third-order valence-corrected chi connectivity index (χ3v) is 6.58. The number of carbonyl (C=O) groups excluding carboxylic acids is 1. The number of anilines is 4. The molecule has 0 aromatic carbocycles. The molecule has 5 heterocycles. The molecule has 1 saturated carbocycles. The first-order valence-electron chi connectivity index (χ1n) is 12.3. The van der Waals surface area contributed by atoms with Crippen LogP contribution in [0.25, 0.3) is 11.2 Å². The molecule has 0 radical (unpaired) electrons. The molecule has 4 aromatic heterocycles. The van der Waals surface area contributed by atoms with Crippen molar-refractivity contribution >= 4 is 40.3 Å². The van der Waals surface area contributed by atoms with Crippen molar-refractivity contribution in [1.29, 1.82) is 0 Å². The highest BCUT2D eigenvalue weighted by Gasteiger charge is 2.37. The highest BCUT2D eigenvalue weighted by atomic mass is 16.3. The summed E-state index contributed by atoms with van der Waals surface area (Å²) in [5, 5.41) is 20.9. The van der Waals surface area contributed by atoms with Gasteiger partial charge in [-0.15, -0.1) is 0 Å². The quantitative estimate of drug-likeness (QED) is 0.249. The SMILES string of the molecule is Cc1ccnc2c1NC(=O)c1cccnc1N2C1CC1.Nc1nc(=O)c2ncn(CCC(CO)CO)c2[nH]1. The van der Waals surface area contributed by atoms with Crippen LogP contribution in [0.3, 0.4) is 0 Å². The molecule has 13 heteroatoms. The average molecular weight is 520 g/mol. The van der Waals surface area contributed by atoms with Gasteiger partial charge in [-0.2, -0.15) is 4.98 Å². The number of aryl methyl sites for hydroxylation is 2. The van der Waals surface area contributed by atoms with Gasteiger partial charge in [0.2, 0.25) is 5.95 Å². The molecule has 1 fully saturated rings. The number of H-pyrrole nitrogens is 1. The summed E-state index contributed by atoms with van der Waals surface area (Å²) in [7, 11) is 0. The number of aliphatic hydroxyl groups excluding tert-OH is 2. The maximum absolute atomic E-state index is 12.4. The Morgan fingerprint density at radius 3 is 2.61 bits per heavy atom. The second-order valence-corrected chi connectivity index (χ2v) is 9.34. The van der Waals surface area contributed by atoms with Crippen molar-refractivity contribution in [1.82, 2.24) is 29.5 Å². The van der Waals surface area contributed by atoms with Crippen LogP contribution in [0.15, 0.2) is 41.7 Å². The van der Waals surface area contributed by atoms with Crippen LogP contribution in [0.4, 0.5) is 23.3 Å². The van der Waals surface area contributed by atoms with Crippen molar-refractivity contribution < 1.29 is 15.0 Å². The second kappa shape index (κ2) is 10.6. The number of aromatic amines is 1. The van der Waals surface area contributed by atoms with Gasteiger partial charge in [0.1, 0.15) is 11.5 Å². The van der Waals surface area contributed by atoms with Crippen LogP contribution in [0, 0.1) is 12.8 Å². The van der Waals surface area contributed by atoms with Crippen molar-refractivity contribution in [2.24, 2.45) is 5.92 Å². The van der Waals surface area contributed by atoms with E-state index in [1.165, 1.54) is 6.33 Å². The topological polar surface area (TPSA) is 188 Å². The molecule has 198 valence electrons. The predicted octanol–water partition coefficient (Wildman–Crippen LogP) is 1.34. The summed E-state index contributed by atoms with van der Waals surface area (Å²) < 4.78 is 1.72. The maximum Gasteiger partial charge on any atom is 0.302 e. The number of nitrogen functional groups attached to an aromatic ring is 1. The number of hydrogen-bond donors (Lipinski definition) is 5. The van der Waals surface area contributed by atoms with Crippen molar-refractivity contribution in [2.75, 3.05) is 29.2 Å². The average Bonchev–Trinajstić information content (AvgIpc) is 3.68. The van der Waals surface area contributed by atoms with Crippen LogP contribution < -0.4 is 21.5 Å². The Morgan fingerprint density at radius 2 is 1.87 bits per heavy atom. The molecule has 13 nitrogen and oxygen atoms in total. The van der Waals surface area contributed by atoms with Gasteiger partial charge in [0.25, 0.3) is 5.91 Å². The number of amides is 1. The lowest BCUT2D eigenvalue weighted by Gasteiger charge is -2.23. The van der Waals surface area contributed by atoms with E-state index in [0.29, 0.717) is 36.0 Å². The number of nitrogens with two attached hydrogens (primary N) is 1. The summed E-state index contributed by atoms with van der Waals surface area (Å²) >= 11 is 0. The Kier molecular flexibility index (Phi) is 7.03. The summed E-state index contributed by atoms with van der Waals surface area (Å²) in [5.41, 5.74) is 8.15. The molecular formula is C25H29N9O4. The lowest BCUT2D eigenvalue weighted by atomic mass is 10.1. The number of hydrogen-bond acceptors (Lipinski definition) is 10. The molecule has 1 aliphatic carbocycles. The van der Waals surface area contributed by atoms with E-state index < -0.39 is 5.56 Å². The summed E-state index contributed by atoms with van der Waals surface area (Å²) in [6, 6.07) is 5.91. The van der Waals surface area contributed by atoms with E-state index in [1.54, 1.807) is 23.0 Å². The van der Waals surface area contributed by atoms with Crippen LogP contribution in [0.1, 0.15) is 35.2 Å². The standard InChI is InChI=1S/C15H14N4O.C10H15N5O3/c1-9-6-8-17-14-12(9)18-15(20)11-3-2-7-16-13(11)19(14)10-4-5-10;11-10-13-8-7(9(18)14-10)12-5-15(8)2-1-6(3-16)4-17/h2-3,6-8,10H,4-5H2,1H3,(H,18,20);5-6,16-17H,1-4H2,(H3,11,13,14,18). The number of rotatable bonds is 6. The summed E-state index contributed by atoms with van der Waals surface area (Å²) in [4.78, 5) is 45.2. The van der Waals surface area contributed by atoms with Crippen molar-refractivity contribution in [2.45, 2.75) is 38.8 Å². The number of fused-ring (bicyclic) bond motifs is 3. The molecular weight excluding hydrogens is 490 g/mol. The summed E-state index contributed by atoms with van der Waals surface area (Å²) in [6.45, 7) is 2.34. The monoisotopic (exact) mass is 519 g/mol. The number of aromatic nitrogens is 6. The summed E-state index contributed by atoms with van der Waals surface area (Å²) in [5.74, 6) is 1.25. The first-order valence-corrected chi connectivity index (χ1v) is 12.3. The molecule has 6 N–H and O–H groups in total. The molecule has 0 spiro atoms. The van der Waals surface area contributed by atoms with Gasteiger partial charge in [0.15, 0.2) is 11.3 Å². The Bertz CT molecular complexity index is 1530. The molecule has 0 atom stereocenters. The lowest BCUT2D eigenvalue weighted by Crippen LogP contribution is -2.22. The van der Waals surface area contributed by atoms with E-state index in [4.69, 9.17) is 15.9 Å². The Balaban J connectivity index is 0.000000156. The van der Waals surface area contributed by atoms with E-state index in [0.717, 1.165) is 29.9 Å². The molecule has 0 bridgehead atoms. The summed E-state index contributed by atoms with van der Waals surface area (Å²) in [6.07, 6.45) is 7.81. The Morgan fingerprint density at radius 1 is 1.11 bits per heavy atom. The zero-order valence-corrected chi connectivity index (χ0v) is 20.8. The van der Waals surface area contributed by atoms with Gasteiger partial charge in [-0.05, 0) is 49.9 Å². The van der Waals surface area contributed by atoms with Crippen LogP contribution in [0.2, 0.25) is 0 Å². The molecule has 1 amide bonds. The van der Waals surface area contributed by atoms with E-state index >= 15 is 0 Å². The third kappa shape index (κ3) is 4.93. The minimum atomic E-state index is -0.471. The van der Waals surface area contributed by atoms with Crippen LogP contribution >= 0.6 is 0 Å². The van der Waals surface area contributed by atoms with Gasteiger partial charge in [-0.1, -0.05) is 0 Å². The number of pyridine rings is 2. The highest BCUT2D eigenvalue weighted by Crippen LogP contribution is 2.43. The maximum atomic E-state index is 12.4. The largest absolute Gasteiger partial charge is 0.396 e. The van der Waals surface area contributed by atoms with Crippen molar-refractivity contribution in [3.05, 3.63) is 58.4 Å². The van der Waals surface area contributed by atoms with E-state index in [2.05, 4.69) is 35.1 Å². The van der Waals surface area contributed by atoms with E-state index in [-0.39, 0.29) is 36.5 Å². The number of aliphatic hydroxyl groups is 2. The number of nitrogens with zero attached hydrogens (tertiary/aromatic N) is 6. The minimum Gasteiger partial charge on any atom is -0.396 e. The lowest BCUT2D eigenvalue weighted by molar-refractivity contribution is 0.102. The van der Waals surface area contributed by atoms with Crippen molar-refractivity contribution in [3.8, 4) is 0 Å². The smallest absolute Gasteiger partial charge is 0.302 e. The first-order chi connectivity index (χ1) is 18.4. The first kappa shape index (κ1) is 25.3. The van der Waals surface area contributed by atoms with Crippen molar-refractivity contribution in [3.63, 3.8) is 0 Å². The molecule has 6 rings (SSSR count). The minimum absolute atomic E-state index is 0.0371. The van der Waals surface area contributed by atoms with Gasteiger partial charge in [0, 0.05) is 44.1 Å². The van der Waals surface area contributed by atoms with Crippen LogP contribution in [-0.4, -0.2) is 64.9 Å². The van der Waals surface area contributed by atoms with E-state index in [1.807, 2.05) is 19.1 Å². The van der Waals surface area contributed by atoms with Gasteiger partial charge < -0.3 is 35.7 Å². The normalized spacial score (nSPS) is 14.4. The fraction of sp³-hybridized carbons (Fsp3) is 0.360. The molecule has 1 aliphatic heterocycles. The van der Waals surface area contributed by atoms with Gasteiger partial charge >= 0.3 is 5.56 Å². The second-order valence-electron chi connectivity index (χ2n) is 9.34. The number of nitrogens with one attached hydrogen (secondary N) is 2. The molecule has 4 aromatic rings. The fourth-order valence-corrected chi connectivity index (χ4v) is 4.32. The fourth-order valence-electron chi connectivity index (χ4n) is 4.32.